The Balaban J connectivity index is 2.70. The highest BCUT2D eigenvalue weighted by Gasteiger charge is 2.07. The van der Waals surface area contributed by atoms with Crippen molar-refractivity contribution >= 4 is 17.5 Å². The van der Waals surface area contributed by atoms with Gasteiger partial charge < -0.3 is 10.4 Å². The Morgan fingerprint density at radius 3 is 2.80 bits per heavy atom. The monoisotopic (exact) mass is 227 g/mol. The van der Waals surface area contributed by atoms with Crippen LogP contribution in [0.4, 0.5) is 0 Å². The van der Waals surface area contributed by atoms with Crippen molar-refractivity contribution in [3.8, 4) is 5.75 Å². The van der Waals surface area contributed by atoms with E-state index in [2.05, 4.69) is 5.32 Å². The predicted octanol–water partition coefficient (Wildman–Crippen LogP) is 2.06. The van der Waals surface area contributed by atoms with Gasteiger partial charge in [0.1, 0.15) is 5.75 Å². The number of phenolic OH excluding ortho intramolecular Hbond substituents is 1. The van der Waals surface area contributed by atoms with Crippen LogP contribution in [0.15, 0.2) is 18.2 Å². The van der Waals surface area contributed by atoms with Gasteiger partial charge in [0.15, 0.2) is 0 Å². The fourth-order valence-corrected chi connectivity index (χ4v) is 1.21. The third-order valence-electron chi connectivity index (χ3n) is 2.00. The van der Waals surface area contributed by atoms with Crippen LogP contribution in [0.2, 0.25) is 0 Å². The summed E-state index contributed by atoms with van der Waals surface area (Å²) in [6, 6.07) is 4.73. The Kier molecular flexibility index (Phi) is 3.97. The van der Waals surface area contributed by atoms with E-state index < -0.39 is 0 Å². The van der Waals surface area contributed by atoms with Crippen molar-refractivity contribution in [2.75, 3.05) is 6.54 Å². The smallest absolute Gasteiger partial charge is 0.251 e. The number of aryl methyl sites for hydroxylation is 1. The fourth-order valence-electron chi connectivity index (χ4n) is 1.13. The molecule has 0 bridgehead atoms. The fraction of sp³-hybridized carbons (Fsp3) is 0.364. The predicted molar refractivity (Wildman–Crippen MR) is 60.5 cm³/mol. The normalized spacial score (nSPS) is 12.2. The minimum Gasteiger partial charge on any atom is -0.508 e. The highest BCUT2D eigenvalue weighted by molar-refractivity contribution is 6.20. The number of carbonyl (C=O) groups is 1. The van der Waals surface area contributed by atoms with Gasteiger partial charge in [-0.2, -0.15) is 0 Å². The molecule has 1 aromatic carbocycles. The molecule has 0 spiro atoms. The molecule has 15 heavy (non-hydrogen) atoms. The summed E-state index contributed by atoms with van der Waals surface area (Å²) in [7, 11) is 0. The van der Waals surface area contributed by atoms with Gasteiger partial charge in [-0.3, -0.25) is 4.79 Å². The van der Waals surface area contributed by atoms with Crippen LogP contribution in [0.1, 0.15) is 22.8 Å². The van der Waals surface area contributed by atoms with Crippen molar-refractivity contribution in [1.29, 1.82) is 0 Å². The van der Waals surface area contributed by atoms with Crippen molar-refractivity contribution in [2.24, 2.45) is 0 Å². The summed E-state index contributed by atoms with van der Waals surface area (Å²) in [5.74, 6) is 0.0165. The first-order valence-corrected chi connectivity index (χ1v) is 5.16. The van der Waals surface area contributed by atoms with Gasteiger partial charge in [-0.15, -0.1) is 11.6 Å². The maximum absolute atomic E-state index is 11.6. The minimum atomic E-state index is -0.175. The molecule has 0 fully saturated rings. The topological polar surface area (TPSA) is 49.3 Å². The number of carbonyl (C=O) groups excluding carboxylic acids is 1. The first-order chi connectivity index (χ1) is 7.00. The van der Waals surface area contributed by atoms with E-state index in [0.717, 1.165) is 0 Å². The number of amides is 1. The number of aromatic hydroxyl groups is 1. The largest absolute Gasteiger partial charge is 0.508 e. The molecule has 0 heterocycles. The Bertz CT molecular complexity index is 364. The lowest BCUT2D eigenvalue weighted by Gasteiger charge is -2.07. The average Bonchev–Trinajstić information content (AvgIpc) is 2.18. The highest BCUT2D eigenvalue weighted by Crippen LogP contribution is 2.16. The second-order valence-corrected chi connectivity index (χ2v) is 4.24. The molecule has 1 atom stereocenters. The number of alkyl halides is 1. The molecule has 0 saturated carbocycles. The molecule has 2 N–H and O–H groups in total. The first kappa shape index (κ1) is 11.9. The van der Waals surface area contributed by atoms with E-state index in [-0.39, 0.29) is 17.0 Å². The van der Waals surface area contributed by atoms with E-state index in [9.17, 15) is 9.90 Å². The van der Waals surface area contributed by atoms with Crippen LogP contribution in [0.3, 0.4) is 0 Å². The third kappa shape index (κ3) is 3.44. The zero-order chi connectivity index (χ0) is 11.4. The summed E-state index contributed by atoms with van der Waals surface area (Å²) in [5, 5.41) is 11.9. The van der Waals surface area contributed by atoms with E-state index in [1.54, 1.807) is 19.1 Å². The molecule has 0 saturated heterocycles. The molecule has 0 radical (unpaired) electrons. The maximum Gasteiger partial charge on any atom is 0.251 e. The number of halogens is 1. The summed E-state index contributed by atoms with van der Waals surface area (Å²) in [4.78, 5) is 11.6. The van der Waals surface area contributed by atoms with Gasteiger partial charge in [-0.05, 0) is 37.6 Å². The van der Waals surface area contributed by atoms with Crippen molar-refractivity contribution in [3.63, 3.8) is 0 Å². The molecule has 3 nitrogen and oxygen atoms in total. The van der Waals surface area contributed by atoms with Gasteiger partial charge in [-0.1, -0.05) is 0 Å². The van der Waals surface area contributed by atoms with Crippen LogP contribution in [-0.4, -0.2) is 22.9 Å². The lowest BCUT2D eigenvalue weighted by atomic mass is 10.1. The van der Waals surface area contributed by atoms with E-state index in [4.69, 9.17) is 11.6 Å². The van der Waals surface area contributed by atoms with Gasteiger partial charge in [0.2, 0.25) is 0 Å². The number of nitrogens with one attached hydrogen (secondary N) is 1. The lowest BCUT2D eigenvalue weighted by Crippen LogP contribution is -2.28. The molecule has 82 valence electrons. The van der Waals surface area contributed by atoms with Gasteiger partial charge in [0.25, 0.3) is 5.91 Å². The average molecular weight is 228 g/mol. The van der Waals surface area contributed by atoms with E-state index in [0.29, 0.717) is 17.7 Å². The van der Waals surface area contributed by atoms with Crippen molar-refractivity contribution in [2.45, 2.75) is 19.2 Å². The summed E-state index contributed by atoms with van der Waals surface area (Å²) in [5.41, 5.74) is 1.21. The van der Waals surface area contributed by atoms with E-state index in [1.807, 2.05) is 6.92 Å². The van der Waals surface area contributed by atoms with Crippen LogP contribution in [0.5, 0.6) is 5.75 Å². The zero-order valence-electron chi connectivity index (χ0n) is 8.75. The standard InChI is InChI=1S/C11H14ClNO2/c1-7-5-9(3-4-10(7)14)11(15)13-6-8(2)12/h3-5,8,14H,6H2,1-2H3,(H,13,15). The quantitative estimate of drug-likeness (QED) is 0.777. The highest BCUT2D eigenvalue weighted by atomic mass is 35.5. The molecule has 1 aromatic rings. The third-order valence-corrected chi connectivity index (χ3v) is 2.16. The maximum atomic E-state index is 11.6. The number of phenols is 1. The van der Waals surface area contributed by atoms with Gasteiger partial charge in [-0.25, -0.2) is 0 Å². The molecule has 0 aliphatic rings. The molecule has 4 heteroatoms. The minimum absolute atomic E-state index is 0.0906. The molecule has 1 rings (SSSR count). The molecular formula is C11H14ClNO2. The second-order valence-electron chi connectivity index (χ2n) is 3.49. The Hall–Kier alpha value is -1.22. The molecular weight excluding hydrogens is 214 g/mol. The van der Waals surface area contributed by atoms with E-state index in [1.165, 1.54) is 6.07 Å². The zero-order valence-corrected chi connectivity index (χ0v) is 9.51. The Morgan fingerprint density at radius 1 is 1.60 bits per heavy atom. The second kappa shape index (κ2) is 5.03. The molecule has 1 amide bonds. The number of hydrogen-bond acceptors (Lipinski definition) is 2. The summed E-state index contributed by atoms with van der Waals surface area (Å²) >= 11 is 5.71. The van der Waals surface area contributed by atoms with Crippen molar-refractivity contribution in [1.82, 2.24) is 5.32 Å². The van der Waals surface area contributed by atoms with Gasteiger partial charge >= 0.3 is 0 Å². The molecule has 0 aliphatic heterocycles. The van der Waals surface area contributed by atoms with Crippen LogP contribution in [-0.2, 0) is 0 Å². The molecule has 1 unspecified atom stereocenters. The number of benzene rings is 1. The van der Waals surface area contributed by atoms with Crippen LogP contribution in [0, 0.1) is 6.92 Å². The SMILES string of the molecule is Cc1cc(C(=O)NCC(C)Cl)ccc1O. The summed E-state index contributed by atoms with van der Waals surface area (Å²) in [6.45, 7) is 3.99. The molecule has 0 aliphatic carbocycles. The van der Waals surface area contributed by atoms with Gasteiger partial charge in [0.05, 0.1) is 0 Å². The van der Waals surface area contributed by atoms with Crippen LogP contribution < -0.4 is 5.32 Å². The number of rotatable bonds is 3. The Morgan fingerprint density at radius 2 is 2.27 bits per heavy atom. The molecule has 0 aromatic heterocycles. The van der Waals surface area contributed by atoms with Crippen LogP contribution >= 0.6 is 11.6 Å². The van der Waals surface area contributed by atoms with Crippen molar-refractivity contribution < 1.29 is 9.90 Å². The lowest BCUT2D eigenvalue weighted by molar-refractivity contribution is 0.0954. The van der Waals surface area contributed by atoms with Crippen LogP contribution in [0.25, 0.3) is 0 Å². The number of hydrogen-bond donors (Lipinski definition) is 2. The van der Waals surface area contributed by atoms with Gasteiger partial charge in [0, 0.05) is 17.5 Å². The summed E-state index contributed by atoms with van der Waals surface area (Å²) in [6.07, 6.45) is 0. The summed E-state index contributed by atoms with van der Waals surface area (Å²) < 4.78 is 0. The first-order valence-electron chi connectivity index (χ1n) is 4.72. The Labute approximate surface area is 94.1 Å². The van der Waals surface area contributed by atoms with E-state index >= 15 is 0 Å². The van der Waals surface area contributed by atoms with Crippen molar-refractivity contribution in [3.05, 3.63) is 29.3 Å².